The third-order valence-electron chi connectivity index (χ3n) is 3.34. The molecule has 1 aromatic heterocycles. The van der Waals surface area contributed by atoms with Gasteiger partial charge < -0.3 is 15.9 Å². The Kier molecular flexibility index (Phi) is 3.78. The van der Waals surface area contributed by atoms with Crippen LogP contribution in [0.4, 0.5) is 0 Å². The minimum absolute atomic E-state index is 0.00311. The minimum Gasteiger partial charge on any atom is -0.505 e. The van der Waals surface area contributed by atoms with E-state index in [9.17, 15) is 14.7 Å². The van der Waals surface area contributed by atoms with Gasteiger partial charge in [-0.3, -0.25) is 4.79 Å². The van der Waals surface area contributed by atoms with Crippen LogP contribution in [0.2, 0.25) is 10.0 Å². The van der Waals surface area contributed by atoms with Gasteiger partial charge in [-0.15, -0.1) is 5.10 Å². The van der Waals surface area contributed by atoms with E-state index < -0.39 is 17.6 Å². The first-order valence-electron chi connectivity index (χ1n) is 6.41. The highest BCUT2D eigenvalue weighted by Crippen LogP contribution is 2.39. The van der Waals surface area contributed by atoms with Gasteiger partial charge in [0.1, 0.15) is 16.2 Å². The molecule has 0 spiro atoms. The first-order valence-corrected chi connectivity index (χ1v) is 7.16. The molecule has 3 aromatic rings. The molecule has 0 aliphatic heterocycles. The number of nitrogens with zero attached hydrogens (tertiary/aromatic N) is 3. The highest BCUT2D eigenvalue weighted by atomic mass is 35.5. The molecular weight excluding hydrogens is 359 g/mol. The van der Waals surface area contributed by atoms with E-state index in [0.717, 1.165) is 0 Å². The number of rotatable bonds is 3. The largest absolute Gasteiger partial charge is 0.505 e. The van der Waals surface area contributed by atoms with Crippen molar-refractivity contribution in [3.05, 3.63) is 45.4 Å². The fourth-order valence-electron chi connectivity index (χ4n) is 2.22. The number of aromatic nitrogens is 3. The van der Waals surface area contributed by atoms with Crippen LogP contribution in [-0.4, -0.2) is 37.1 Å². The van der Waals surface area contributed by atoms with Gasteiger partial charge in [0.2, 0.25) is 0 Å². The monoisotopic (exact) mass is 366 g/mol. The highest BCUT2D eigenvalue weighted by Gasteiger charge is 2.23. The van der Waals surface area contributed by atoms with E-state index in [4.69, 9.17) is 34.0 Å². The van der Waals surface area contributed by atoms with Gasteiger partial charge in [-0.05, 0) is 24.3 Å². The number of phenolic OH excluding ortho intramolecular Hbond substituents is 1. The SMILES string of the molecule is NC(=O)c1cc(Cl)c(O)c(Cl)c1-n1nnc2cc(C(=O)O)ccc21. The van der Waals surface area contributed by atoms with Crippen molar-refractivity contribution in [3.8, 4) is 11.4 Å². The molecule has 8 nitrogen and oxygen atoms in total. The summed E-state index contributed by atoms with van der Waals surface area (Å²) in [7, 11) is 0. The van der Waals surface area contributed by atoms with Gasteiger partial charge >= 0.3 is 5.97 Å². The summed E-state index contributed by atoms with van der Waals surface area (Å²) in [5.41, 5.74) is 5.91. The number of nitrogens with two attached hydrogens (primary N) is 1. The summed E-state index contributed by atoms with van der Waals surface area (Å²) in [6.07, 6.45) is 0. The molecule has 24 heavy (non-hydrogen) atoms. The number of phenols is 1. The molecule has 1 heterocycles. The number of benzene rings is 2. The van der Waals surface area contributed by atoms with E-state index in [1.54, 1.807) is 0 Å². The van der Waals surface area contributed by atoms with Gasteiger partial charge in [-0.25, -0.2) is 9.48 Å². The molecule has 4 N–H and O–H groups in total. The summed E-state index contributed by atoms with van der Waals surface area (Å²) >= 11 is 11.9. The maximum atomic E-state index is 11.7. The van der Waals surface area contributed by atoms with Crippen molar-refractivity contribution in [2.45, 2.75) is 0 Å². The quantitative estimate of drug-likeness (QED) is 0.651. The number of amides is 1. The number of fused-ring (bicyclic) bond motifs is 1. The Morgan fingerprint density at radius 2 is 1.92 bits per heavy atom. The van der Waals surface area contributed by atoms with Gasteiger partial charge in [-0.2, -0.15) is 0 Å². The van der Waals surface area contributed by atoms with Crippen LogP contribution in [0.1, 0.15) is 20.7 Å². The van der Waals surface area contributed by atoms with Gasteiger partial charge in [0.05, 0.1) is 21.7 Å². The lowest BCUT2D eigenvalue weighted by atomic mass is 10.1. The fourth-order valence-corrected chi connectivity index (χ4v) is 2.75. The summed E-state index contributed by atoms with van der Waals surface area (Å²) in [6, 6.07) is 5.28. The second-order valence-electron chi connectivity index (χ2n) is 4.79. The van der Waals surface area contributed by atoms with Crippen LogP contribution in [0.3, 0.4) is 0 Å². The summed E-state index contributed by atoms with van der Waals surface area (Å²) in [4.78, 5) is 22.7. The van der Waals surface area contributed by atoms with Crippen LogP contribution in [0.15, 0.2) is 24.3 Å². The van der Waals surface area contributed by atoms with Crippen molar-refractivity contribution in [2.24, 2.45) is 5.73 Å². The number of carboxylic acid groups (broad SMARTS) is 1. The van der Waals surface area contributed by atoms with Gasteiger partial charge in [0.15, 0.2) is 5.75 Å². The number of carbonyl (C=O) groups is 2. The van der Waals surface area contributed by atoms with Gasteiger partial charge in [0, 0.05) is 0 Å². The fraction of sp³-hybridized carbons (Fsp3) is 0. The topological polar surface area (TPSA) is 131 Å². The Morgan fingerprint density at radius 1 is 1.21 bits per heavy atom. The summed E-state index contributed by atoms with van der Waals surface area (Å²) < 4.78 is 1.18. The lowest BCUT2D eigenvalue weighted by molar-refractivity contribution is 0.0696. The van der Waals surface area contributed by atoms with E-state index in [-0.39, 0.29) is 32.4 Å². The van der Waals surface area contributed by atoms with E-state index >= 15 is 0 Å². The zero-order chi connectivity index (χ0) is 17.6. The molecule has 0 bridgehead atoms. The molecule has 0 fully saturated rings. The van der Waals surface area contributed by atoms with Gasteiger partial charge in [0.25, 0.3) is 5.91 Å². The molecule has 0 unspecified atom stereocenters. The molecule has 2 aromatic carbocycles. The van der Waals surface area contributed by atoms with Crippen LogP contribution in [-0.2, 0) is 0 Å². The first-order chi connectivity index (χ1) is 11.3. The van der Waals surface area contributed by atoms with Crippen molar-refractivity contribution in [1.82, 2.24) is 15.0 Å². The van der Waals surface area contributed by atoms with Crippen molar-refractivity contribution < 1.29 is 19.8 Å². The molecule has 122 valence electrons. The predicted molar refractivity (Wildman–Crippen MR) is 86.0 cm³/mol. The normalized spacial score (nSPS) is 10.9. The number of aromatic hydroxyl groups is 1. The number of carbonyl (C=O) groups excluding carboxylic acids is 1. The molecule has 10 heteroatoms. The molecule has 0 saturated carbocycles. The van der Waals surface area contributed by atoms with Crippen molar-refractivity contribution in [2.75, 3.05) is 0 Å². The summed E-state index contributed by atoms with van der Waals surface area (Å²) in [6.45, 7) is 0. The van der Waals surface area contributed by atoms with E-state index in [1.807, 2.05) is 0 Å². The zero-order valence-corrected chi connectivity index (χ0v) is 13.2. The molecule has 0 radical (unpaired) electrons. The lowest BCUT2D eigenvalue weighted by Gasteiger charge is -2.12. The summed E-state index contributed by atoms with van der Waals surface area (Å²) in [5, 5.41) is 26.3. The maximum absolute atomic E-state index is 11.7. The number of primary amides is 1. The van der Waals surface area contributed by atoms with Crippen LogP contribution >= 0.6 is 23.2 Å². The average Bonchev–Trinajstić information content (AvgIpc) is 2.95. The van der Waals surface area contributed by atoms with E-state index in [2.05, 4.69) is 10.3 Å². The smallest absolute Gasteiger partial charge is 0.335 e. The van der Waals surface area contributed by atoms with E-state index in [1.165, 1.54) is 28.9 Å². The molecule has 0 aliphatic rings. The number of hydrogen-bond acceptors (Lipinski definition) is 5. The Morgan fingerprint density at radius 3 is 2.54 bits per heavy atom. The second-order valence-corrected chi connectivity index (χ2v) is 5.58. The van der Waals surface area contributed by atoms with Crippen molar-refractivity contribution in [3.63, 3.8) is 0 Å². The first kappa shape index (κ1) is 16.0. The number of carboxylic acids is 1. The van der Waals surface area contributed by atoms with Crippen molar-refractivity contribution in [1.29, 1.82) is 0 Å². The average molecular weight is 367 g/mol. The Bertz CT molecular complexity index is 1020. The van der Waals surface area contributed by atoms with Gasteiger partial charge in [-0.1, -0.05) is 28.4 Å². The molecule has 0 saturated heterocycles. The standard InChI is InChI=1S/C14H8Cl2N4O4/c15-7-4-6(13(17)22)11(10(16)12(7)21)20-9-2-1-5(14(23)24)3-8(9)18-19-20/h1-4,21H,(H2,17,22)(H,23,24). The number of hydrogen-bond donors (Lipinski definition) is 3. The molecule has 1 amide bonds. The molecule has 3 rings (SSSR count). The predicted octanol–water partition coefficient (Wildman–Crippen LogP) is 2.23. The Hall–Kier alpha value is -2.84. The summed E-state index contributed by atoms with van der Waals surface area (Å²) in [5.74, 6) is -2.39. The third kappa shape index (κ3) is 2.41. The Balaban J connectivity index is 2.34. The third-order valence-corrected chi connectivity index (χ3v) is 3.98. The van der Waals surface area contributed by atoms with Crippen LogP contribution < -0.4 is 5.73 Å². The Labute approximate surface area is 144 Å². The lowest BCUT2D eigenvalue weighted by Crippen LogP contribution is -2.16. The minimum atomic E-state index is -1.12. The van der Waals surface area contributed by atoms with Crippen molar-refractivity contribution >= 4 is 46.1 Å². The second kappa shape index (κ2) is 5.66. The highest BCUT2D eigenvalue weighted by molar-refractivity contribution is 6.39. The number of aromatic carboxylic acids is 1. The number of halogens is 2. The van der Waals surface area contributed by atoms with Crippen LogP contribution in [0.5, 0.6) is 5.75 Å². The van der Waals surface area contributed by atoms with Crippen LogP contribution in [0, 0.1) is 0 Å². The molecular formula is C14H8Cl2N4O4. The molecule has 0 atom stereocenters. The molecule has 0 aliphatic carbocycles. The zero-order valence-electron chi connectivity index (χ0n) is 11.7. The van der Waals surface area contributed by atoms with E-state index in [0.29, 0.717) is 5.52 Å². The maximum Gasteiger partial charge on any atom is 0.335 e. The van der Waals surface area contributed by atoms with Crippen LogP contribution in [0.25, 0.3) is 16.7 Å².